The highest BCUT2D eigenvalue weighted by molar-refractivity contribution is 5.53. The minimum absolute atomic E-state index is 0.253. The third kappa shape index (κ3) is 3.40. The molecule has 1 saturated heterocycles. The zero-order valence-corrected chi connectivity index (χ0v) is 12.3. The first-order valence-electron chi connectivity index (χ1n) is 7.05. The van der Waals surface area contributed by atoms with E-state index in [0.717, 1.165) is 31.0 Å². The van der Waals surface area contributed by atoms with Gasteiger partial charge in [0.2, 0.25) is 11.8 Å². The van der Waals surface area contributed by atoms with E-state index in [0.29, 0.717) is 18.3 Å². The number of hydrogen-bond acceptors (Lipinski definition) is 6. The van der Waals surface area contributed by atoms with Crippen LogP contribution in [0.1, 0.15) is 12.8 Å². The van der Waals surface area contributed by atoms with Gasteiger partial charge < -0.3 is 13.9 Å². The van der Waals surface area contributed by atoms with Crippen LogP contribution in [0.5, 0.6) is 5.75 Å². The lowest BCUT2D eigenvalue weighted by atomic mass is 10.2. The van der Waals surface area contributed by atoms with Crippen LogP contribution in [-0.4, -0.2) is 48.0 Å². The summed E-state index contributed by atoms with van der Waals surface area (Å²) in [6.07, 6.45) is 0.253. The molecule has 1 aromatic heterocycles. The number of aromatic nitrogens is 2. The third-order valence-electron chi connectivity index (χ3n) is 3.49. The lowest BCUT2D eigenvalue weighted by Gasteiger charge is -2.29. The molecule has 0 radical (unpaired) electrons. The van der Waals surface area contributed by atoms with Gasteiger partial charge in [-0.25, -0.2) is 0 Å². The molecule has 0 bridgehead atoms. The van der Waals surface area contributed by atoms with Crippen LogP contribution < -0.4 is 4.74 Å². The summed E-state index contributed by atoms with van der Waals surface area (Å²) in [6.45, 7) is 5.27. The fraction of sp³-hybridized carbons (Fsp3) is 0.467. The van der Waals surface area contributed by atoms with Gasteiger partial charge in [-0.3, -0.25) is 4.90 Å². The van der Waals surface area contributed by atoms with Gasteiger partial charge in [-0.15, -0.1) is 10.2 Å². The molecule has 0 N–H and O–H groups in total. The highest BCUT2D eigenvalue weighted by Crippen LogP contribution is 2.21. The van der Waals surface area contributed by atoms with Crippen LogP contribution >= 0.6 is 0 Å². The first kappa shape index (κ1) is 14.0. The molecule has 2 heterocycles. The van der Waals surface area contributed by atoms with Gasteiger partial charge in [0.25, 0.3) is 0 Å². The van der Waals surface area contributed by atoms with Crippen molar-refractivity contribution in [3.05, 3.63) is 30.2 Å². The third-order valence-corrected chi connectivity index (χ3v) is 3.49. The molecule has 1 aliphatic heterocycles. The zero-order valence-electron chi connectivity index (χ0n) is 12.3. The molecule has 21 heavy (non-hydrogen) atoms. The fourth-order valence-electron chi connectivity index (χ4n) is 2.39. The summed E-state index contributed by atoms with van der Waals surface area (Å²) in [6, 6.07) is 7.57. The summed E-state index contributed by atoms with van der Waals surface area (Å²) < 4.78 is 16.4. The number of morpholine rings is 1. The van der Waals surface area contributed by atoms with Gasteiger partial charge in [0, 0.05) is 18.7 Å². The number of hydrogen-bond donors (Lipinski definition) is 0. The maximum Gasteiger partial charge on any atom is 0.247 e. The second-order valence-electron chi connectivity index (χ2n) is 5.15. The highest BCUT2D eigenvalue weighted by Gasteiger charge is 2.19. The van der Waals surface area contributed by atoms with Crippen molar-refractivity contribution in [3.63, 3.8) is 0 Å². The Morgan fingerprint density at radius 2 is 2.10 bits per heavy atom. The maximum absolute atomic E-state index is 5.74. The molecule has 3 rings (SSSR count). The van der Waals surface area contributed by atoms with E-state index < -0.39 is 0 Å². The van der Waals surface area contributed by atoms with Gasteiger partial charge >= 0.3 is 0 Å². The van der Waals surface area contributed by atoms with Gasteiger partial charge in [-0.05, 0) is 31.2 Å². The van der Waals surface area contributed by atoms with Gasteiger partial charge in [-0.2, -0.15) is 0 Å². The monoisotopic (exact) mass is 289 g/mol. The lowest BCUT2D eigenvalue weighted by Crippen LogP contribution is -2.40. The molecule has 1 unspecified atom stereocenters. The Morgan fingerprint density at radius 1 is 1.29 bits per heavy atom. The molecular weight excluding hydrogens is 270 g/mol. The molecular formula is C15H19N3O3. The molecule has 0 aliphatic carbocycles. The van der Waals surface area contributed by atoms with Crippen molar-refractivity contribution in [2.45, 2.75) is 19.6 Å². The molecule has 1 atom stereocenters. The Morgan fingerprint density at radius 3 is 2.81 bits per heavy atom. The van der Waals surface area contributed by atoms with E-state index in [1.807, 2.05) is 24.3 Å². The second-order valence-corrected chi connectivity index (χ2v) is 5.15. The Balaban J connectivity index is 1.67. The van der Waals surface area contributed by atoms with E-state index in [1.54, 1.807) is 7.11 Å². The summed E-state index contributed by atoms with van der Waals surface area (Å²) in [4.78, 5) is 2.26. The van der Waals surface area contributed by atoms with Crippen LogP contribution in [0.4, 0.5) is 0 Å². The molecule has 1 fully saturated rings. The van der Waals surface area contributed by atoms with E-state index in [4.69, 9.17) is 13.9 Å². The van der Waals surface area contributed by atoms with E-state index in [2.05, 4.69) is 22.0 Å². The highest BCUT2D eigenvalue weighted by atomic mass is 16.5. The summed E-state index contributed by atoms with van der Waals surface area (Å²) in [7, 11) is 1.64. The molecule has 2 aromatic rings. The maximum atomic E-state index is 5.74. The van der Waals surface area contributed by atoms with Crippen LogP contribution in [0, 0.1) is 0 Å². The first-order chi connectivity index (χ1) is 10.2. The predicted molar refractivity (Wildman–Crippen MR) is 77.0 cm³/mol. The summed E-state index contributed by atoms with van der Waals surface area (Å²) >= 11 is 0. The van der Waals surface area contributed by atoms with E-state index in [1.165, 1.54) is 0 Å². The molecule has 0 saturated carbocycles. The van der Waals surface area contributed by atoms with Crippen molar-refractivity contribution in [1.29, 1.82) is 0 Å². The summed E-state index contributed by atoms with van der Waals surface area (Å²) in [5, 5.41) is 8.23. The number of rotatable bonds is 4. The van der Waals surface area contributed by atoms with Crippen molar-refractivity contribution in [3.8, 4) is 17.2 Å². The molecule has 0 amide bonds. The minimum atomic E-state index is 0.253. The van der Waals surface area contributed by atoms with Crippen molar-refractivity contribution >= 4 is 0 Å². The topological polar surface area (TPSA) is 60.6 Å². The fourth-order valence-corrected chi connectivity index (χ4v) is 2.39. The average Bonchev–Trinajstić information content (AvgIpc) is 2.96. The van der Waals surface area contributed by atoms with Crippen LogP contribution in [-0.2, 0) is 11.3 Å². The SMILES string of the molecule is COc1ccc(-c2nnc(CN3CCOC(C)C3)o2)cc1. The number of methoxy groups -OCH3 is 1. The molecule has 6 nitrogen and oxygen atoms in total. The van der Waals surface area contributed by atoms with Crippen molar-refractivity contribution in [2.75, 3.05) is 26.8 Å². The van der Waals surface area contributed by atoms with Crippen LogP contribution in [0.15, 0.2) is 28.7 Å². The Labute approximate surface area is 123 Å². The van der Waals surface area contributed by atoms with Crippen LogP contribution in [0.2, 0.25) is 0 Å². The standard InChI is InChI=1S/C15H19N3O3/c1-11-9-18(7-8-20-11)10-14-16-17-15(21-14)12-3-5-13(19-2)6-4-12/h3-6,11H,7-10H2,1-2H3. The van der Waals surface area contributed by atoms with Crippen LogP contribution in [0.3, 0.4) is 0 Å². The molecule has 112 valence electrons. The number of ether oxygens (including phenoxy) is 2. The first-order valence-corrected chi connectivity index (χ1v) is 7.05. The minimum Gasteiger partial charge on any atom is -0.497 e. The van der Waals surface area contributed by atoms with Crippen molar-refractivity contribution in [1.82, 2.24) is 15.1 Å². The largest absolute Gasteiger partial charge is 0.497 e. The quantitative estimate of drug-likeness (QED) is 0.857. The van der Waals surface area contributed by atoms with Crippen molar-refractivity contribution in [2.24, 2.45) is 0 Å². The average molecular weight is 289 g/mol. The lowest BCUT2D eigenvalue weighted by molar-refractivity contribution is -0.0235. The normalized spacial score (nSPS) is 19.6. The predicted octanol–water partition coefficient (Wildman–Crippen LogP) is 1.97. The molecule has 6 heteroatoms. The van der Waals surface area contributed by atoms with E-state index >= 15 is 0 Å². The van der Waals surface area contributed by atoms with Gasteiger partial charge in [-0.1, -0.05) is 0 Å². The smallest absolute Gasteiger partial charge is 0.247 e. The Kier molecular flexibility index (Phi) is 4.17. The molecule has 0 spiro atoms. The summed E-state index contributed by atoms with van der Waals surface area (Å²) in [5.41, 5.74) is 0.893. The molecule has 1 aliphatic rings. The molecule has 1 aromatic carbocycles. The Bertz CT molecular complexity index is 582. The van der Waals surface area contributed by atoms with E-state index in [9.17, 15) is 0 Å². The number of nitrogens with zero attached hydrogens (tertiary/aromatic N) is 3. The number of benzene rings is 1. The zero-order chi connectivity index (χ0) is 14.7. The van der Waals surface area contributed by atoms with Crippen LogP contribution in [0.25, 0.3) is 11.5 Å². The van der Waals surface area contributed by atoms with Gasteiger partial charge in [0.05, 0.1) is 26.4 Å². The van der Waals surface area contributed by atoms with Crippen molar-refractivity contribution < 1.29 is 13.9 Å². The van der Waals surface area contributed by atoms with Gasteiger partial charge in [0.15, 0.2) is 0 Å². The van der Waals surface area contributed by atoms with Gasteiger partial charge in [0.1, 0.15) is 5.75 Å². The second kappa shape index (κ2) is 6.24. The summed E-state index contributed by atoms with van der Waals surface area (Å²) in [5.74, 6) is 1.98. The Hall–Kier alpha value is -1.92. The van der Waals surface area contributed by atoms with E-state index in [-0.39, 0.29) is 6.10 Å².